The van der Waals surface area contributed by atoms with Gasteiger partial charge < -0.3 is 18.9 Å². The molecule has 0 unspecified atom stereocenters. The fourth-order valence-electron chi connectivity index (χ4n) is 4.55. The number of rotatable bonds is 10. The zero-order valence-corrected chi connectivity index (χ0v) is 26.3. The number of halogens is 1. The van der Waals surface area contributed by atoms with E-state index in [9.17, 15) is 9.59 Å². The number of methoxy groups -OCH3 is 1. The summed E-state index contributed by atoms with van der Waals surface area (Å²) in [5, 5.41) is 0. The molecule has 0 fully saturated rings. The molecule has 8 nitrogen and oxygen atoms in total. The third-order valence-corrected chi connectivity index (χ3v) is 8.22. The number of aromatic nitrogens is 1. The molecule has 1 aliphatic rings. The molecule has 4 aromatic rings. The van der Waals surface area contributed by atoms with Crippen LogP contribution in [0.5, 0.6) is 17.2 Å². The van der Waals surface area contributed by atoms with E-state index in [0.717, 1.165) is 16.9 Å². The number of carbonyl (C=O) groups excluding carboxylic acids is 1. The minimum absolute atomic E-state index is 0.248. The van der Waals surface area contributed by atoms with Gasteiger partial charge in [-0.15, -0.1) is 0 Å². The maximum Gasteiger partial charge on any atom is 0.337 e. The molecular formula is C32H29IN2O6S. The average Bonchev–Trinajstić information content (AvgIpc) is 3.32. The van der Waals surface area contributed by atoms with Gasteiger partial charge in [0.05, 0.1) is 36.5 Å². The summed E-state index contributed by atoms with van der Waals surface area (Å²) in [6.45, 7) is 5.15. The molecule has 1 aromatic heterocycles. The summed E-state index contributed by atoms with van der Waals surface area (Å²) in [6.07, 6.45) is 3.29. The third-order valence-electron chi connectivity index (χ3n) is 6.50. The number of benzene rings is 3. The highest BCUT2D eigenvalue weighted by molar-refractivity contribution is 14.1. The van der Waals surface area contributed by atoms with Crippen LogP contribution in [0.1, 0.15) is 36.6 Å². The molecule has 0 amide bonds. The lowest BCUT2D eigenvalue weighted by Crippen LogP contribution is -2.39. The van der Waals surface area contributed by atoms with Gasteiger partial charge in [0.1, 0.15) is 12.4 Å². The summed E-state index contributed by atoms with van der Waals surface area (Å²) in [5.74, 6) is 1.29. The summed E-state index contributed by atoms with van der Waals surface area (Å²) in [5.41, 5.74) is 2.59. The van der Waals surface area contributed by atoms with Crippen LogP contribution in [-0.2, 0) is 16.1 Å². The molecule has 0 aliphatic carbocycles. The Kier molecular flexibility index (Phi) is 9.43. The minimum atomic E-state index is -0.747. The van der Waals surface area contributed by atoms with Gasteiger partial charge in [0, 0.05) is 9.77 Å². The molecule has 0 N–H and O–H groups in total. The van der Waals surface area contributed by atoms with Gasteiger partial charge in [-0.2, -0.15) is 0 Å². The Morgan fingerprint density at radius 1 is 0.976 bits per heavy atom. The van der Waals surface area contributed by atoms with E-state index in [4.69, 9.17) is 18.9 Å². The molecule has 5 rings (SSSR count). The van der Waals surface area contributed by atoms with E-state index < -0.39 is 12.0 Å². The first-order valence-corrected chi connectivity index (χ1v) is 15.3. The van der Waals surface area contributed by atoms with E-state index in [1.807, 2.05) is 74.5 Å². The first-order valence-electron chi connectivity index (χ1n) is 13.4. The monoisotopic (exact) mass is 696 g/mol. The molecule has 0 bridgehead atoms. The first-order chi connectivity index (χ1) is 20.4. The van der Waals surface area contributed by atoms with Crippen LogP contribution < -0.4 is 29.1 Å². The van der Waals surface area contributed by atoms with Crippen LogP contribution >= 0.6 is 33.9 Å². The zero-order chi connectivity index (χ0) is 29.6. The second-order valence-electron chi connectivity index (χ2n) is 9.23. The number of nitrogens with zero attached hydrogens (tertiary/aromatic N) is 2. The van der Waals surface area contributed by atoms with Crippen molar-refractivity contribution in [3.05, 3.63) is 118 Å². The van der Waals surface area contributed by atoms with Gasteiger partial charge in [-0.3, -0.25) is 9.36 Å². The van der Waals surface area contributed by atoms with Crippen molar-refractivity contribution >= 4 is 46.0 Å². The topological polar surface area (TPSA) is 88.4 Å². The van der Waals surface area contributed by atoms with Gasteiger partial charge >= 0.3 is 5.97 Å². The molecule has 1 atom stereocenters. The predicted octanol–water partition coefficient (Wildman–Crippen LogP) is 5.00. The van der Waals surface area contributed by atoms with Gasteiger partial charge in [-0.1, -0.05) is 41.7 Å². The van der Waals surface area contributed by atoms with E-state index in [1.165, 1.54) is 32.8 Å². The molecule has 2 heterocycles. The van der Waals surface area contributed by atoms with E-state index in [-0.39, 0.29) is 11.1 Å². The van der Waals surface area contributed by atoms with Gasteiger partial charge in [-0.25, -0.2) is 9.79 Å². The summed E-state index contributed by atoms with van der Waals surface area (Å²) in [6, 6.07) is 20.4. The van der Waals surface area contributed by atoms with Crippen molar-refractivity contribution in [2.45, 2.75) is 26.5 Å². The smallest absolute Gasteiger partial charge is 0.337 e. The minimum Gasteiger partial charge on any atom is -0.490 e. The number of carbonyl (C=O) groups is 1. The van der Waals surface area contributed by atoms with E-state index in [2.05, 4.69) is 27.6 Å². The lowest BCUT2D eigenvalue weighted by atomic mass is 9.97. The second kappa shape index (κ2) is 13.4. The Morgan fingerprint density at radius 2 is 1.69 bits per heavy atom. The van der Waals surface area contributed by atoms with Crippen LogP contribution in [0.4, 0.5) is 0 Å². The molecule has 10 heteroatoms. The fraction of sp³-hybridized carbons (Fsp3) is 0.219. The van der Waals surface area contributed by atoms with E-state index in [0.29, 0.717) is 46.2 Å². The molecular weight excluding hydrogens is 667 g/mol. The van der Waals surface area contributed by atoms with Crippen molar-refractivity contribution in [2.75, 3.05) is 20.3 Å². The van der Waals surface area contributed by atoms with Crippen LogP contribution in [0.15, 0.2) is 88.3 Å². The molecule has 0 saturated heterocycles. The Labute approximate surface area is 260 Å². The maximum atomic E-state index is 13.8. The summed E-state index contributed by atoms with van der Waals surface area (Å²) >= 11 is 3.53. The molecule has 1 aliphatic heterocycles. The molecule has 0 spiro atoms. The van der Waals surface area contributed by atoms with Crippen LogP contribution in [0, 0.1) is 3.57 Å². The molecule has 0 saturated carbocycles. The predicted molar refractivity (Wildman–Crippen MR) is 170 cm³/mol. The Hall–Kier alpha value is -3.90. The van der Waals surface area contributed by atoms with Crippen LogP contribution in [-0.4, -0.2) is 30.9 Å². The van der Waals surface area contributed by atoms with Gasteiger partial charge in [0.25, 0.3) is 5.56 Å². The van der Waals surface area contributed by atoms with Crippen molar-refractivity contribution in [1.29, 1.82) is 0 Å². The SMILES string of the molecule is CCOc1ccc([C@H]2C(C(=O)OC)=CN=c3s/c(=C\c4ccc(OCc5ccc(I)cc5)cc4)c(=O)n32)cc1OCC. The lowest BCUT2D eigenvalue weighted by Gasteiger charge is -2.23. The summed E-state index contributed by atoms with van der Waals surface area (Å²) < 4.78 is 25.7. The third kappa shape index (κ3) is 6.44. The highest BCUT2D eigenvalue weighted by Gasteiger charge is 2.31. The first kappa shape index (κ1) is 29.6. The van der Waals surface area contributed by atoms with Crippen molar-refractivity contribution in [1.82, 2.24) is 4.57 Å². The molecule has 42 heavy (non-hydrogen) atoms. The van der Waals surface area contributed by atoms with Crippen LogP contribution in [0.2, 0.25) is 0 Å². The zero-order valence-electron chi connectivity index (χ0n) is 23.3. The van der Waals surface area contributed by atoms with Crippen molar-refractivity contribution in [3.8, 4) is 17.2 Å². The van der Waals surface area contributed by atoms with Crippen molar-refractivity contribution in [3.63, 3.8) is 0 Å². The number of fused-ring (bicyclic) bond motifs is 1. The van der Waals surface area contributed by atoms with Crippen LogP contribution in [0.25, 0.3) is 6.08 Å². The van der Waals surface area contributed by atoms with Crippen LogP contribution in [0.3, 0.4) is 0 Å². The van der Waals surface area contributed by atoms with Gasteiger partial charge in [0.2, 0.25) is 0 Å². The second-order valence-corrected chi connectivity index (χ2v) is 11.5. The standard InChI is InChI=1S/C32H29IN2O6S/c1-4-39-26-15-10-22(17-27(26)40-5-2)29-25(31(37)38-3)18-34-32-35(29)30(36)28(42-32)16-20-8-13-24(14-9-20)41-19-21-6-11-23(33)12-7-21/h6-18,29H,4-5,19H2,1-3H3/b28-16-/t29-/m0/s1. The van der Waals surface area contributed by atoms with Crippen molar-refractivity contribution in [2.24, 2.45) is 4.99 Å². The highest BCUT2D eigenvalue weighted by atomic mass is 127. The van der Waals surface area contributed by atoms with Crippen molar-refractivity contribution < 1.29 is 23.7 Å². The maximum absolute atomic E-state index is 13.8. The summed E-state index contributed by atoms with van der Waals surface area (Å²) in [7, 11) is 1.31. The van der Waals surface area contributed by atoms with Gasteiger partial charge in [0.15, 0.2) is 16.3 Å². The Morgan fingerprint density at radius 3 is 2.38 bits per heavy atom. The molecule has 3 aromatic carbocycles. The fourth-order valence-corrected chi connectivity index (χ4v) is 5.88. The largest absolute Gasteiger partial charge is 0.490 e. The quantitative estimate of drug-likeness (QED) is 0.172. The number of hydrogen-bond donors (Lipinski definition) is 0. The number of esters is 1. The summed E-state index contributed by atoms with van der Waals surface area (Å²) in [4.78, 5) is 31.5. The lowest BCUT2D eigenvalue weighted by molar-refractivity contribution is -0.136. The Balaban J connectivity index is 1.48. The number of thiazole rings is 1. The van der Waals surface area contributed by atoms with E-state index in [1.54, 1.807) is 12.1 Å². The average molecular weight is 697 g/mol. The highest BCUT2D eigenvalue weighted by Crippen LogP contribution is 2.35. The molecule has 216 valence electrons. The number of ether oxygens (including phenoxy) is 4. The Bertz CT molecular complexity index is 1790. The molecule has 0 radical (unpaired) electrons. The normalized spacial score (nSPS) is 14.4. The van der Waals surface area contributed by atoms with Gasteiger partial charge in [-0.05, 0) is 95.6 Å². The number of hydrogen-bond acceptors (Lipinski definition) is 8. The van der Waals surface area contributed by atoms with E-state index >= 15 is 0 Å².